The van der Waals surface area contributed by atoms with E-state index in [0.29, 0.717) is 0 Å². The Kier molecular flexibility index (Phi) is 4.32. The molecule has 0 aliphatic heterocycles. The Hall–Kier alpha value is -1.03. The van der Waals surface area contributed by atoms with Crippen molar-refractivity contribution in [2.75, 3.05) is 0 Å². The van der Waals surface area contributed by atoms with Gasteiger partial charge in [-0.15, -0.1) is 0 Å². The van der Waals surface area contributed by atoms with Crippen LogP contribution in [0.5, 0.6) is 0 Å². The first-order chi connectivity index (χ1) is 4.72. The zero-order valence-corrected chi connectivity index (χ0v) is 6.81. The van der Waals surface area contributed by atoms with E-state index >= 15 is 0 Å². The van der Waals surface area contributed by atoms with Crippen LogP contribution in [-0.4, -0.2) is 0 Å². The third-order valence-corrected chi connectivity index (χ3v) is 1.18. The fraction of sp³-hybridized carbons (Fsp3) is 0.444. The number of hydrogen-bond donors (Lipinski definition) is 0. The van der Waals surface area contributed by atoms with Crippen LogP contribution in [0, 0.1) is 11.3 Å². The molecule has 54 valence electrons. The van der Waals surface area contributed by atoms with Gasteiger partial charge in [-0.25, -0.2) is 0 Å². The lowest BCUT2D eigenvalue weighted by molar-refractivity contribution is 1.21. The van der Waals surface area contributed by atoms with Crippen LogP contribution in [0.25, 0.3) is 0 Å². The zero-order valence-electron chi connectivity index (χ0n) is 6.81. The minimum atomic E-state index is 0.779. The maximum Gasteiger partial charge on any atom is 0.0990 e. The molecule has 0 amide bonds. The molecule has 0 bridgehead atoms. The quantitative estimate of drug-likeness (QED) is 0.422. The second-order valence-electron chi connectivity index (χ2n) is 2.34. The van der Waals surface area contributed by atoms with Gasteiger partial charge in [-0.3, -0.25) is 0 Å². The minimum Gasteiger partial charge on any atom is -0.192 e. The number of allylic oxidation sites excluding steroid dienone is 4. The Labute approximate surface area is 62.7 Å². The second kappa shape index (κ2) is 4.81. The summed E-state index contributed by atoms with van der Waals surface area (Å²) >= 11 is 0. The van der Waals surface area contributed by atoms with Crippen LogP contribution in [0.1, 0.15) is 27.2 Å². The highest BCUT2D eigenvalue weighted by Crippen LogP contribution is 2.03. The molecule has 0 atom stereocenters. The summed E-state index contributed by atoms with van der Waals surface area (Å²) in [7, 11) is 0. The molecule has 0 saturated carbocycles. The third-order valence-electron chi connectivity index (χ3n) is 1.18. The molecule has 0 unspecified atom stereocenters. The van der Waals surface area contributed by atoms with Crippen molar-refractivity contribution in [1.29, 1.82) is 5.26 Å². The van der Waals surface area contributed by atoms with Gasteiger partial charge >= 0.3 is 0 Å². The summed E-state index contributed by atoms with van der Waals surface area (Å²) in [6.45, 7) is 5.94. The molecule has 0 saturated heterocycles. The Morgan fingerprint density at radius 3 is 2.40 bits per heavy atom. The molecular weight excluding hydrogens is 122 g/mol. The van der Waals surface area contributed by atoms with Gasteiger partial charge in [0.05, 0.1) is 11.6 Å². The summed E-state index contributed by atoms with van der Waals surface area (Å²) in [4.78, 5) is 0. The molecule has 0 fully saturated rings. The van der Waals surface area contributed by atoms with Gasteiger partial charge in [0.2, 0.25) is 0 Å². The summed E-state index contributed by atoms with van der Waals surface area (Å²) in [6, 6.07) is 2.13. The normalized spacial score (nSPS) is 9.40. The Morgan fingerprint density at radius 1 is 1.50 bits per heavy atom. The molecule has 10 heavy (non-hydrogen) atoms. The van der Waals surface area contributed by atoms with Crippen molar-refractivity contribution >= 4 is 0 Å². The monoisotopic (exact) mass is 135 g/mol. The van der Waals surface area contributed by atoms with Crippen LogP contribution in [-0.2, 0) is 0 Å². The lowest BCUT2D eigenvalue weighted by Crippen LogP contribution is -1.75. The molecule has 0 aromatic rings. The molecular formula is C9H13N. The number of rotatable bonds is 2. The smallest absolute Gasteiger partial charge is 0.0990 e. The predicted octanol–water partition coefficient (Wildman–Crippen LogP) is 2.81. The number of nitrogens with zero attached hydrogens (tertiary/aromatic N) is 1. The first-order valence-corrected chi connectivity index (χ1v) is 3.46. The van der Waals surface area contributed by atoms with Crippen LogP contribution in [0.4, 0.5) is 0 Å². The summed E-state index contributed by atoms with van der Waals surface area (Å²) < 4.78 is 0. The van der Waals surface area contributed by atoms with Crippen molar-refractivity contribution in [1.82, 2.24) is 0 Å². The van der Waals surface area contributed by atoms with Crippen molar-refractivity contribution < 1.29 is 0 Å². The van der Waals surface area contributed by atoms with Crippen LogP contribution in [0.3, 0.4) is 0 Å². The van der Waals surface area contributed by atoms with Crippen molar-refractivity contribution in [2.24, 2.45) is 0 Å². The molecule has 0 aromatic heterocycles. The molecule has 0 aromatic carbocycles. The van der Waals surface area contributed by atoms with Gasteiger partial charge in [-0.05, 0) is 26.3 Å². The van der Waals surface area contributed by atoms with Gasteiger partial charge in [0.25, 0.3) is 0 Å². The van der Waals surface area contributed by atoms with E-state index in [1.165, 1.54) is 0 Å². The predicted molar refractivity (Wildman–Crippen MR) is 43.4 cm³/mol. The van der Waals surface area contributed by atoms with Crippen LogP contribution in [0.15, 0.2) is 23.3 Å². The average molecular weight is 135 g/mol. The largest absolute Gasteiger partial charge is 0.192 e. The second-order valence-corrected chi connectivity index (χ2v) is 2.34. The highest BCUT2D eigenvalue weighted by atomic mass is 14.2. The van der Waals surface area contributed by atoms with Crippen molar-refractivity contribution in [3.8, 4) is 6.07 Å². The van der Waals surface area contributed by atoms with E-state index in [-0.39, 0.29) is 0 Å². The summed E-state index contributed by atoms with van der Waals surface area (Å²) in [5.74, 6) is 0. The molecule has 0 rings (SSSR count). The van der Waals surface area contributed by atoms with E-state index < -0.39 is 0 Å². The fourth-order valence-electron chi connectivity index (χ4n) is 0.551. The maximum absolute atomic E-state index is 8.56. The Balaban J connectivity index is 4.29. The molecule has 0 aliphatic carbocycles. The Bertz CT molecular complexity index is 187. The highest BCUT2D eigenvalue weighted by Gasteiger charge is 1.88. The van der Waals surface area contributed by atoms with Crippen LogP contribution < -0.4 is 0 Å². The van der Waals surface area contributed by atoms with Crippen molar-refractivity contribution in [3.05, 3.63) is 23.3 Å². The SMILES string of the molecule is CC/C=C\C(C#N)=C(C)C. The highest BCUT2D eigenvalue weighted by molar-refractivity contribution is 5.36. The molecule has 1 nitrogen and oxygen atoms in total. The topological polar surface area (TPSA) is 23.8 Å². The summed E-state index contributed by atoms with van der Waals surface area (Å²) in [5, 5.41) is 8.56. The first-order valence-electron chi connectivity index (χ1n) is 3.46. The van der Waals surface area contributed by atoms with E-state index in [2.05, 4.69) is 13.0 Å². The first kappa shape index (κ1) is 8.97. The van der Waals surface area contributed by atoms with E-state index in [1.807, 2.05) is 26.0 Å². The van der Waals surface area contributed by atoms with E-state index in [1.54, 1.807) is 0 Å². The molecule has 0 radical (unpaired) electrons. The van der Waals surface area contributed by atoms with Gasteiger partial charge in [0, 0.05) is 0 Å². The zero-order chi connectivity index (χ0) is 7.98. The molecule has 1 heteroatoms. The van der Waals surface area contributed by atoms with Gasteiger partial charge in [0.15, 0.2) is 0 Å². The van der Waals surface area contributed by atoms with Crippen LogP contribution >= 0.6 is 0 Å². The summed E-state index contributed by atoms with van der Waals surface area (Å²) in [5.41, 5.74) is 1.86. The molecule has 0 heterocycles. The number of nitriles is 1. The standard InChI is InChI=1S/C9H13N/c1-4-5-6-9(7-10)8(2)3/h5-6H,4H2,1-3H3/b6-5-. The molecule has 0 aliphatic rings. The van der Waals surface area contributed by atoms with Gasteiger partial charge < -0.3 is 0 Å². The van der Waals surface area contributed by atoms with E-state index in [4.69, 9.17) is 5.26 Å². The number of hydrogen-bond acceptors (Lipinski definition) is 1. The van der Waals surface area contributed by atoms with Crippen molar-refractivity contribution in [3.63, 3.8) is 0 Å². The van der Waals surface area contributed by atoms with Gasteiger partial charge in [0.1, 0.15) is 0 Å². The summed E-state index contributed by atoms with van der Waals surface area (Å²) in [6.07, 6.45) is 4.85. The van der Waals surface area contributed by atoms with Crippen molar-refractivity contribution in [2.45, 2.75) is 27.2 Å². The maximum atomic E-state index is 8.56. The minimum absolute atomic E-state index is 0.779. The fourth-order valence-corrected chi connectivity index (χ4v) is 0.551. The third kappa shape index (κ3) is 3.09. The Morgan fingerprint density at radius 2 is 2.10 bits per heavy atom. The van der Waals surface area contributed by atoms with E-state index in [9.17, 15) is 0 Å². The van der Waals surface area contributed by atoms with Gasteiger partial charge in [-0.1, -0.05) is 18.6 Å². The van der Waals surface area contributed by atoms with E-state index in [0.717, 1.165) is 17.6 Å². The molecule has 0 spiro atoms. The van der Waals surface area contributed by atoms with Crippen LogP contribution in [0.2, 0.25) is 0 Å². The lowest BCUT2D eigenvalue weighted by atomic mass is 10.1. The average Bonchev–Trinajstić information content (AvgIpc) is 1.89. The van der Waals surface area contributed by atoms with Gasteiger partial charge in [-0.2, -0.15) is 5.26 Å². The molecule has 0 N–H and O–H groups in total. The lowest BCUT2D eigenvalue weighted by Gasteiger charge is -1.89.